The fraction of sp³-hybridized carbons (Fsp3) is 0.0690. The monoisotopic (exact) mass is 521 g/mol. The molecule has 0 atom stereocenters. The predicted octanol–water partition coefficient (Wildman–Crippen LogP) is 5.58. The van der Waals surface area contributed by atoms with E-state index in [0.29, 0.717) is 33.2 Å². The molecule has 0 fully saturated rings. The molecule has 9 heteroatoms. The van der Waals surface area contributed by atoms with Crippen LogP contribution < -0.4 is 10.4 Å². The quantitative estimate of drug-likeness (QED) is 0.300. The molecule has 0 spiro atoms. The van der Waals surface area contributed by atoms with Crippen molar-refractivity contribution in [2.75, 3.05) is 0 Å². The van der Waals surface area contributed by atoms with Gasteiger partial charge in [-0.05, 0) is 43.3 Å². The maximum absolute atomic E-state index is 13.5. The summed E-state index contributed by atoms with van der Waals surface area (Å²) in [6.45, 7) is 1.86. The van der Waals surface area contributed by atoms with Crippen molar-refractivity contribution < 1.29 is 9.52 Å². The van der Waals surface area contributed by atoms with E-state index < -0.39 is 0 Å². The zero-order valence-electron chi connectivity index (χ0n) is 20.6. The molecule has 0 unspecified atom stereocenters. The molecule has 0 aliphatic heterocycles. The highest BCUT2D eigenvalue weighted by atomic mass is 32.1. The van der Waals surface area contributed by atoms with E-state index in [9.17, 15) is 9.90 Å². The van der Waals surface area contributed by atoms with Gasteiger partial charge >= 0.3 is 0 Å². The Kier molecular flexibility index (Phi) is 5.89. The summed E-state index contributed by atoms with van der Waals surface area (Å²) in [6.07, 6.45) is 1.56. The van der Waals surface area contributed by atoms with E-state index >= 15 is 0 Å². The fourth-order valence-electron chi connectivity index (χ4n) is 4.26. The Morgan fingerprint density at radius 1 is 0.974 bits per heavy atom. The minimum absolute atomic E-state index is 0.112. The van der Waals surface area contributed by atoms with E-state index in [-0.39, 0.29) is 11.3 Å². The average Bonchev–Trinajstić information content (AvgIpc) is 3.60. The molecule has 3 aromatic carbocycles. The summed E-state index contributed by atoms with van der Waals surface area (Å²) in [5.74, 6) is 0.727. The number of rotatable bonds is 5. The van der Waals surface area contributed by atoms with Crippen molar-refractivity contribution in [3.05, 3.63) is 117 Å². The number of para-hydroxylation sites is 3. The van der Waals surface area contributed by atoms with Crippen molar-refractivity contribution in [2.45, 2.75) is 6.92 Å². The van der Waals surface area contributed by atoms with Gasteiger partial charge in [-0.1, -0.05) is 48.5 Å². The van der Waals surface area contributed by atoms with Crippen LogP contribution in [0.1, 0.15) is 11.3 Å². The molecule has 0 amide bonds. The molecule has 0 radical (unpaired) electrons. The highest BCUT2D eigenvalue weighted by Crippen LogP contribution is 2.28. The van der Waals surface area contributed by atoms with Crippen LogP contribution in [0, 0.1) is 6.92 Å². The lowest BCUT2D eigenvalue weighted by molar-refractivity contribution is 0.474. The van der Waals surface area contributed by atoms with E-state index in [1.807, 2.05) is 86.1 Å². The SMILES string of the molecule is Cc1c(N=c2scc(-c3cc4ccccc4o3)n2N=Cc2ccccc2O)c(=O)n(-c2ccccc2)n1C. The molecule has 0 saturated heterocycles. The second-order valence-electron chi connectivity index (χ2n) is 8.69. The number of fused-ring (bicyclic) bond motifs is 1. The molecule has 0 saturated carbocycles. The van der Waals surface area contributed by atoms with Gasteiger partial charge < -0.3 is 9.52 Å². The molecule has 188 valence electrons. The Labute approximate surface area is 221 Å². The first-order chi connectivity index (χ1) is 18.5. The normalized spacial score (nSPS) is 12.2. The number of aromatic nitrogens is 3. The molecule has 6 aromatic rings. The first kappa shape index (κ1) is 23.5. The molecular weight excluding hydrogens is 498 g/mol. The minimum Gasteiger partial charge on any atom is -0.507 e. The van der Waals surface area contributed by atoms with E-state index in [0.717, 1.165) is 16.7 Å². The van der Waals surface area contributed by atoms with Crippen LogP contribution >= 0.6 is 11.3 Å². The fourth-order valence-corrected chi connectivity index (χ4v) is 5.08. The summed E-state index contributed by atoms with van der Waals surface area (Å²) in [4.78, 5) is 18.8. The lowest BCUT2D eigenvalue weighted by atomic mass is 10.2. The Morgan fingerprint density at radius 3 is 2.50 bits per heavy atom. The van der Waals surface area contributed by atoms with Crippen molar-refractivity contribution in [1.82, 2.24) is 14.0 Å². The zero-order valence-corrected chi connectivity index (χ0v) is 21.5. The first-order valence-electron chi connectivity index (χ1n) is 11.9. The van der Waals surface area contributed by atoms with Gasteiger partial charge in [-0.3, -0.25) is 9.48 Å². The molecular formula is C29H23N5O3S. The van der Waals surface area contributed by atoms with Gasteiger partial charge in [0, 0.05) is 23.4 Å². The number of furan rings is 1. The summed E-state index contributed by atoms with van der Waals surface area (Å²) in [7, 11) is 1.83. The topological polar surface area (TPSA) is 90.0 Å². The second-order valence-corrected chi connectivity index (χ2v) is 9.53. The third-order valence-corrected chi connectivity index (χ3v) is 7.16. The summed E-state index contributed by atoms with van der Waals surface area (Å²) in [5.41, 5.74) is 3.54. The van der Waals surface area contributed by atoms with Gasteiger partial charge in [-0.2, -0.15) is 5.10 Å². The van der Waals surface area contributed by atoms with Crippen LogP contribution in [-0.4, -0.2) is 25.4 Å². The van der Waals surface area contributed by atoms with Crippen molar-refractivity contribution in [1.29, 1.82) is 0 Å². The van der Waals surface area contributed by atoms with Crippen molar-refractivity contribution in [3.8, 4) is 22.9 Å². The average molecular weight is 522 g/mol. The summed E-state index contributed by atoms with van der Waals surface area (Å²) < 4.78 is 11.1. The molecule has 3 heterocycles. The molecule has 6 rings (SSSR count). The number of aromatic hydroxyl groups is 1. The lowest BCUT2D eigenvalue weighted by Gasteiger charge is -2.07. The van der Waals surface area contributed by atoms with Crippen LogP contribution in [0.15, 0.2) is 110 Å². The van der Waals surface area contributed by atoms with Crippen LogP contribution in [0.25, 0.3) is 28.1 Å². The highest BCUT2D eigenvalue weighted by Gasteiger charge is 2.18. The van der Waals surface area contributed by atoms with Crippen LogP contribution in [-0.2, 0) is 7.05 Å². The molecule has 0 bridgehead atoms. The van der Waals surface area contributed by atoms with Gasteiger partial charge in [0.15, 0.2) is 11.4 Å². The highest BCUT2D eigenvalue weighted by molar-refractivity contribution is 7.07. The standard InChI is InChI=1S/C29H23N5O3S/c1-19-27(28(36)34(32(19)2)22-12-4-3-5-13-22)31-29-33(30-17-21-11-6-8-14-24(21)35)23(18-38-29)26-16-20-10-7-9-15-25(20)37-26/h3-18,35H,1-2H3. The number of thiazole rings is 1. The number of hydrogen-bond donors (Lipinski definition) is 1. The maximum atomic E-state index is 13.5. The molecule has 8 nitrogen and oxygen atoms in total. The molecule has 0 aliphatic carbocycles. The summed E-state index contributed by atoms with van der Waals surface area (Å²) in [5, 5.41) is 17.8. The van der Waals surface area contributed by atoms with E-state index in [1.165, 1.54) is 11.3 Å². The Hall–Kier alpha value is -4.89. The van der Waals surface area contributed by atoms with Crippen molar-refractivity contribution in [3.63, 3.8) is 0 Å². The van der Waals surface area contributed by atoms with Gasteiger partial charge in [0.2, 0.25) is 4.80 Å². The van der Waals surface area contributed by atoms with Crippen LogP contribution in [0.5, 0.6) is 5.75 Å². The second kappa shape index (κ2) is 9.53. The van der Waals surface area contributed by atoms with Gasteiger partial charge in [0.1, 0.15) is 17.0 Å². The molecule has 1 N–H and O–H groups in total. The summed E-state index contributed by atoms with van der Waals surface area (Å²) in [6, 6.07) is 26.1. The number of phenols is 1. The number of benzene rings is 3. The van der Waals surface area contributed by atoms with Crippen molar-refractivity contribution >= 4 is 34.2 Å². The molecule has 3 aromatic heterocycles. The third-order valence-electron chi connectivity index (χ3n) is 6.34. The maximum Gasteiger partial charge on any atom is 0.297 e. The largest absolute Gasteiger partial charge is 0.507 e. The van der Waals surface area contributed by atoms with E-state index in [4.69, 9.17) is 9.41 Å². The smallest absolute Gasteiger partial charge is 0.297 e. The zero-order chi connectivity index (χ0) is 26.2. The van der Waals surface area contributed by atoms with Gasteiger partial charge in [0.05, 0.1) is 17.6 Å². The van der Waals surface area contributed by atoms with Crippen LogP contribution in [0.2, 0.25) is 0 Å². The number of nitrogens with zero attached hydrogens (tertiary/aromatic N) is 5. The summed E-state index contributed by atoms with van der Waals surface area (Å²) >= 11 is 1.35. The number of hydrogen-bond acceptors (Lipinski definition) is 6. The Balaban J connectivity index is 1.55. The molecule has 0 aliphatic rings. The third kappa shape index (κ3) is 4.08. The van der Waals surface area contributed by atoms with Gasteiger partial charge in [-0.25, -0.2) is 14.4 Å². The van der Waals surface area contributed by atoms with Crippen LogP contribution in [0.3, 0.4) is 0 Å². The minimum atomic E-state index is -0.230. The first-order valence-corrected chi connectivity index (χ1v) is 12.8. The predicted molar refractivity (Wildman–Crippen MR) is 150 cm³/mol. The Bertz CT molecular complexity index is 1900. The van der Waals surface area contributed by atoms with E-state index in [1.54, 1.807) is 38.5 Å². The lowest BCUT2D eigenvalue weighted by Crippen LogP contribution is -2.19. The Morgan fingerprint density at radius 2 is 1.71 bits per heavy atom. The van der Waals surface area contributed by atoms with Gasteiger partial charge in [-0.15, -0.1) is 11.3 Å². The van der Waals surface area contributed by atoms with Crippen LogP contribution in [0.4, 0.5) is 5.69 Å². The number of phenolic OH excluding ortho intramolecular Hbond substituents is 1. The van der Waals surface area contributed by atoms with Crippen molar-refractivity contribution in [2.24, 2.45) is 17.1 Å². The van der Waals surface area contributed by atoms with E-state index in [2.05, 4.69) is 5.10 Å². The van der Waals surface area contributed by atoms with Gasteiger partial charge in [0.25, 0.3) is 5.56 Å². The molecule has 38 heavy (non-hydrogen) atoms.